The van der Waals surface area contributed by atoms with Gasteiger partial charge in [-0.3, -0.25) is 4.79 Å². The zero-order valence-corrected chi connectivity index (χ0v) is 15.2. The number of ether oxygens (including phenoxy) is 2. The summed E-state index contributed by atoms with van der Waals surface area (Å²) in [5.41, 5.74) is 2.12. The molecule has 1 aromatic carbocycles. The Morgan fingerprint density at radius 2 is 2.17 bits per heavy atom. The summed E-state index contributed by atoms with van der Waals surface area (Å²) in [5, 5.41) is 0.998. The highest BCUT2D eigenvalue weighted by Gasteiger charge is 2.28. The predicted molar refractivity (Wildman–Crippen MR) is 95.9 cm³/mol. The number of esters is 1. The molecule has 0 saturated heterocycles. The number of carbonyl (C=O) groups excluding carboxylic acids is 1. The van der Waals surface area contributed by atoms with Crippen molar-refractivity contribution in [3.05, 3.63) is 34.8 Å². The average molecular weight is 366 g/mol. The Morgan fingerprint density at radius 1 is 1.38 bits per heavy atom. The molecule has 6 heteroatoms. The molecule has 0 amide bonds. The van der Waals surface area contributed by atoms with E-state index >= 15 is 0 Å². The molecule has 1 aliphatic carbocycles. The van der Waals surface area contributed by atoms with Crippen LogP contribution in [0.2, 0.25) is 0 Å². The maximum atomic E-state index is 11.7. The second kappa shape index (κ2) is 7.99. The van der Waals surface area contributed by atoms with Gasteiger partial charge in [-0.05, 0) is 43.5 Å². The van der Waals surface area contributed by atoms with Crippen molar-refractivity contribution in [2.75, 3.05) is 19.6 Å². The van der Waals surface area contributed by atoms with Gasteiger partial charge in [-0.15, -0.1) is 22.9 Å². The molecule has 24 heavy (non-hydrogen) atoms. The smallest absolute Gasteiger partial charge is 0.309 e. The second-order valence-corrected chi connectivity index (χ2v) is 7.23. The summed E-state index contributed by atoms with van der Waals surface area (Å²) in [6.45, 7) is 0.628. The topological polar surface area (TPSA) is 48.4 Å². The highest BCUT2D eigenvalue weighted by Crippen LogP contribution is 2.35. The van der Waals surface area contributed by atoms with E-state index in [0.717, 1.165) is 41.3 Å². The fraction of sp³-hybridized carbons (Fsp3) is 0.444. The molecule has 0 bridgehead atoms. The van der Waals surface area contributed by atoms with Crippen LogP contribution in [0.3, 0.4) is 0 Å². The van der Waals surface area contributed by atoms with Crippen LogP contribution in [0.4, 0.5) is 0 Å². The Bertz CT molecular complexity index is 699. The largest absolute Gasteiger partial charge is 0.494 e. The fourth-order valence-electron chi connectivity index (χ4n) is 2.81. The zero-order valence-electron chi connectivity index (χ0n) is 13.6. The number of benzene rings is 1. The molecule has 4 nitrogen and oxygen atoms in total. The van der Waals surface area contributed by atoms with Gasteiger partial charge in [0, 0.05) is 22.7 Å². The minimum absolute atomic E-state index is 0.0600. The molecular formula is C18H20ClNO3S. The maximum absolute atomic E-state index is 11.7. The lowest BCUT2D eigenvalue weighted by molar-refractivity contribution is -0.145. The first-order chi connectivity index (χ1) is 11.7. The molecule has 1 atom stereocenters. The third kappa shape index (κ3) is 3.90. The normalized spacial score (nSPS) is 16.5. The number of hydrogen-bond acceptors (Lipinski definition) is 5. The molecule has 128 valence electrons. The van der Waals surface area contributed by atoms with E-state index < -0.39 is 0 Å². The first-order valence-corrected chi connectivity index (χ1v) is 9.42. The van der Waals surface area contributed by atoms with Gasteiger partial charge >= 0.3 is 5.97 Å². The van der Waals surface area contributed by atoms with Crippen LogP contribution in [0.25, 0.3) is 10.6 Å². The summed E-state index contributed by atoms with van der Waals surface area (Å²) in [5.74, 6) is 1.26. The quantitative estimate of drug-likeness (QED) is 0.439. The van der Waals surface area contributed by atoms with Crippen molar-refractivity contribution < 1.29 is 14.3 Å². The second-order valence-electron chi connectivity index (χ2n) is 5.77. The van der Waals surface area contributed by atoms with Gasteiger partial charge in [0.2, 0.25) is 0 Å². The number of rotatable bonds is 6. The monoisotopic (exact) mass is 365 g/mol. The van der Waals surface area contributed by atoms with Crippen LogP contribution < -0.4 is 4.74 Å². The summed E-state index contributed by atoms with van der Waals surface area (Å²) in [6, 6.07) is 7.97. The maximum Gasteiger partial charge on any atom is 0.309 e. The van der Waals surface area contributed by atoms with Crippen LogP contribution in [-0.4, -0.2) is 30.5 Å². The Hall–Kier alpha value is -1.59. The van der Waals surface area contributed by atoms with Gasteiger partial charge in [-0.2, -0.15) is 0 Å². The summed E-state index contributed by atoms with van der Waals surface area (Å²) in [4.78, 5) is 17.8. The highest BCUT2D eigenvalue weighted by atomic mass is 35.5. The predicted octanol–water partition coefficient (Wildman–Crippen LogP) is 4.10. The van der Waals surface area contributed by atoms with Gasteiger partial charge in [0.05, 0.1) is 25.3 Å². The first-order valence-electron chi connectivity index (χ1n) is 8.07. The van der Waals surface area contributed by atoms with Crippen molar-refractivity contribution >= 4 is 28.9 Å². The van der Waals surface area contributed by atoms with E-state index in [2.05, 4.69) is 0 Å². The van der Waals surface area contributed by atoms with Gasteiger partial charge in [0.1, 0.15) is 10.8 Å². The van der Waals surface area contributed by atoms with Crippen molar-refractivity contribution in [3.8, 4) is 16.3 Å². The number of hydrogen-bond donors (Lipinski definition) is 0. The molecular weight excluding hydrogens is 346 g/mol. The lowest BCUT2D eigenvalue weighted by atomic mass is 9.91. The number of thiazole rings is 1. The highest BCUT2D eigenvalue weighted by molar-refractivity contribution is 7.15. The Balaban J connectivity index is 1.70. The van der Waals surface area contributed by atoms with E-state index in [1.165, 1.54) is 12.0 Å². The molecule has 0 spiro atoms. The molecule has 0 aliphatic heterocycles. The molecule has 0 saturated carbocycles. The summed E-state index contributed by atoms with van der Waals surface area (Å²) < 4.78 is 10.5. The SMILES string of the molecule is COC(=O)C1CCc2sc(-c3ccc(OCCCCl)cc3)nc2C1. The van der Waals surface area contributed by atoms with Gasteiger partial charge in [0.15, 0.2) is 0 Å². The third-order valence-corrected chi connectivity index (χ3v) is 5.59. The average Bonchev–Trinajstić information content (AvgIpc) is 3.05. The van der Waals surface area contributed by atoms with Crippen LogP contribution in [0, 0.1) is 5.92 Å². The standard InChI is InChI=1S/C18H20ClNO3S/c1-22-18(21)13-5-8-16-15(11-13)20-17(24-16)12-3-6-14(7-4-12)23-10-2-9-19/h3-4,6-7,13H,2,5,8-11H2,1H3. The van der Waals surface area contributed by atoms with E-state index in [4.69, 9.17) is 26.1 Å². The number of methoxy groups -OCH3 is 1. The van der Waals surface area contributed by atoms with Gasteiger partial charge in [-0.25, -0.2) is 4.98 Å². The van der Waals surface area contributed by atoms with Crippen molar-refractivity contribution in [2.45, 2.75) is 25.7 Å². The molecule has 1 heterocycles. The molecule has 3 rings (SSSR count). The lowest BCUT2D eigenvalue weighted by Gasteiger charge is -2.18. The first kappa shape index (κ1) is 17.2. The number of halogens is 1. The van der Waals surface area contributed by atoms with E-state index in [1.807, 2.05) is 24.3 Å². The zero-order chi connectivity index (χ0) is 16.9. The number of alkyl halides is 1. The van der Waals surface area contributed by atoms with Crippen LogP contribution in [-0.2, 0) is 22.4 Å². The van der Waals surface area contributed by atoms with Crippen molar-refractivity contribution in [1.29, 1.82) is 0 Å². The van der Waals surface area contributed by atoms with E-state index in [0.29, 0.717) is 18.9 Å². The third-order valence-electron chi connectivity index (χ3n) is 4.12. The Kier molecular flexibility index (Phi) is 5.74. The summed E-state index contributed by atoms with van der Waals surface area (Å²) >= 11 is 7.36. The molecule has 1 aliphatic rings. The molecule has 0 radical (unpaired) electrons. The molecule has 2 aromatic rings. The van der Waals surface area contributed by atoms with Crippen molar-refractivity contribution in [2.24, 2.45) is 5.92 Å². The number of aryl methyl sites for hydroxylation is 1. The van der Waals surface area contributed by atoms with Crippen molar-refractivity contribution in [3.63, 3.8) is 0 Å². The minimum Gasteiger partial charge on any atom is -0.494 e. The molecule has 0 N–H and O–H groups in total. The minimum atomic E-state index is -0.131. The van der Waals surface area contributed by atoms with Gasteiger partial charge in [-0.1, -0.05) is 0 Å². The number of nitrogens with zero attached hydrogens (tertiary/aromatic N) is 1. The van der Waals surface area contributed by atoms with Crippen LogP contribution in [0.1, 0.15) is 23.4 Å². The lowest BCUT2D eigenvalue weighted by Crippen LogP contribution is -2.23. The van der Waals surface area contributed by atoms with Crippen LogP contribution >= 0.6 is 22.9 Å². The molecule has 1 unspecified atom stereocenters. The van der Waals surface area contributed by atoms with Gasteiger partial charge < -0.3 is 9.47 Å². The number of fused-ring (bicyclic) bond motifs is 1. The summed E-state index contributed by atoms with van der Waals surface area (Å²) in [6.07, 6.45) is 3.25. The van der Waals surface area contributed by atoms with E-state index in [9.17, 15) is 4.79 Å². The van der Waals surface area contributed by atoms with E-state index in [-0.39, 0.29) is 11.9 Å². The number of carbonyl (C=O) groups is 1. The van der Waals surface area contributed by atoms with E-state index in [1.54, 1.807) is 11.3 Å². The molecule has 0 fully saturated rings. The number of aromatic nitrogens is 1. The fourth-order valence-corrected chi connectivity index (χ4v) is 4.03. The van der Waals surface area contributed by atoms with Crippen LogP contribution in [0.5, 0.6) is 5.75 Å². The van der Waals surface area contributed by atoms with Crippen LogP contribution in [0.15, 0.2) is 24.3 Å². The van der Waals surface area contributed by atoms with Crippen molar-refractivity contribution in [1.82, 2.24) is 4.98 Å². The Labute approximate surface area is 150 Å². The summed E-state index contributed by atoms with van der Waals surface area (Å²) in [7, 11) is 1.45. The van der Waals surface area contributed by atoms with Gasteiger partial charge in [0.25, 0.3) is 0 Å². The Morgan fingerprint density at radius 3 is 2.88 bits per heavy atom. The molecule has 1 aromatic heterocycles.